The van der Waals surface area contributed by atoms with Crippen LogP contribution in [0.2, 0.25) is 0 Å². The number of nitrogens with zero attached hydrogens (tertiary/aromatic N) is 5. The molecule has 0 unspecified atom stereocenters. The second kappa shape index (κ2) is 8.24. The summed E-state index contributed by atoms with van der Waals surface area (Å²) in [6.07, 6.45) is 2.37. The maximum atomic E-state index is 5.86. The van der Waals surface area contributed by atoms with Crippen LogP contribution in [0.25, 0.3) is 11.0 Å². The number of hydrogen-bond donors (Lipinski definition) is 1. The molecule has 2 atom stereocenters. The van der Waals surface area contributed by atoms with Gasteiger partial charge in [0, 0.05) is 13.2 Å². The average molecular weight is 449 g/mol. The molecule has 3 aliphatic heterocycles. The summed E-state index contributed by atoms with van der Waals surface area (Å²) in [4.78, 5) is 14.4. The quantitative estimate of drug-likeness (QED) is 0.643. The Morgan fingerprint density at radius 1 is 1.12 bits per heavy atom. The maximum Gasteiger partial charge on any atom is 0.216 e. The molecule has 1 aromatic heterocycles. The lowest BCUT2D eigenvalue weighted by molar-refractivity contribution is 0.0732. The SMILES string of the molecule is COc1ccc([C@@H]2NC3=NCN(C[C@H]4CCCO4)CN3c3nc4ccccc4n32)cc1OC. The number of fused-ring (bicyclic) bond motifs is 5. The molecule has 4 heterocycles. The topological polar surface area (TPSA) is 76.4 Å². The highest BCUT2D eigenvalue weighted by atomic mass is 16.5. The number of aromatic nitrogens is 2. The van der Waals surface area contributed by atoms with E-state index in [0.717, 1.165) is 54.5 Å². The molecule has 6 rings (SSSR count). The highest BCUT2D eigenvalue weighted by molar-refractivity contribution is 5.98. The van der Waals surface area contributed by atoms with Crippen LogP contribution >= 0.6 is 0 Å². The van der Waals surface area contributed by atoms with Crippen LogP contribution in [0.3, 0.4) is 0 Å². The van der Waals surface area contributed by atoms with Gasteiger partial charge in [0.15, 0.2) is 11.5 Å². The van der Waals surface area contributed by atoms with Crippen molar-refractivity contribution in [2.75, 3.05) is 45.6 Å². The van der Waals surface area contributed by atoms with Gasteiger partial charge in [0.25, 0.3) is 0 Å². The van der Waals surface area contributed by atoms with E-state index in [9.17, 15) is 0 Å². The summed E-state index contributed by atoms with van der Waals surface area (Å²) in [6.45, 7) is 3.10. The summed E-state index contributed by atoms with van der Waals surface area (Å²) >= 11 is 0. The van der Waals surface area contributed by atoms with Gasteiger partial charge in [-0.25, -0.2) is 9.98 Å². The van der Waals surface area contributed by atoms with Crippen LogP contribution in [0.5, 0.6) is 11.5 Å². The van der Waals surface area contributed by atoms with E-state index in [4.69, 9.17) is 24.2 Å². The van der Waals surface area contributed by atoms with Crippen molar-refractivity contribution in [2.24, 2.45) is 4.99 Å². The van der Waals surface area contributed by atoms with E-state index < -0.39 is 0 Å². The zero-order valence-electron chi connectivity index (χ0n) is 18.9. The van der Waals surface area contributed by atoms with Crippen LogP contribution in [0, 0.1) is 0 Å². The predicted molar refractivity (Wildman–Crippen MR) is 126 cm³/mol. The summed E-state index contributed by atoms with van der Waals surface area (Å²) in [5.41, 5.74) is 3.06. The number of imidazole rings is 1. The van der Waals surface area contributed by atoms with Crippen molar-refractivity contribution < 1.29 is 14.2 Å². The van der Waals surface area contributed by atoms with E-state index in [1.165, 1.54) is 0 Å². The van der Waals surface area contributed by atoms with Crippen molar-refractivity contribution in [1.29, 1.82) is 0 Å². The number of anilines is 1. The molecule has 0 saturated carbocycles. The van der Waals surface area contributed by atoms with Crippen molar-refractivity contribution in [2.45, 2.75) is 25.1 Å². The Morgan fingerprint density at radius 3 is 2.82 bits per heavy atom. The minimum atomic E-state index is -0.174. The Kier molecular flexibility index (Phi) is 5.07. The van der Waals surface area contributed by atoms with E-state index in [0.29, 0.717) is 24.8 Å². The fourth-order valence-corrected chi connectivity index (χ4v) is 4.96. The largest absolute Gasteiger partial charge is 0.493 e. The summed E-state index contributed by atoms with van der Waals surface area (Å²) in [5, 5.41) is 3.65. The molecule has 1 N–H and O–H groups in total. The van der Waals surface area contributed by atoms with Crippen LogP contribution < -0.4 is 19.7 Å². The normalized spacial score (nSPS) is 22.5. The Morgan fingerprint density at radius 2 is 2.00 bits per heavy atom. The smallest absolute Gasteiger partial charge is 0.216 e. The van der Waals surface area contributed by atoms with Gasteiger partial charge in [-0.1, -0.05) is 18.2 Å². The van der Waals surface area contributed by atoms with Gasteiger partial charge in [0.2, 0.25) is 11.9 Å². The number of aliphatic imine (C=N–C) groups is 1. The van der Waals surface area contributed by atoms with Gasteiger partial charge in [-0.3, -0.25) is 14.4 Å². The van der Waals surface area contributed by atoms with Crippen LogP contribution in [0.4, 0.5) is 5.95 Å². The van der Waals surface area contributed by atoms with E-state index >= 15 is 0 Å². The monoisotopic (exact) mass is 448 g/mol. The lowest BCUT2D eigenvalue weighted by Gasteiger charge is -2.42. The van der Waals surface area contributed by atoms with E-state index in [1.54, 1.807) is 14.2 Å². The molecule has 9 nitrogen and oxygen atoms in total. The zero-order chi connectivity index (χ0) is 22.4. The van der Waals surface area contributed by atoms with Crippen molar-refractivity contribution in [3.8, 4) is 11.5 Å². The molecular weight excluding hydrogens is 420 g/mol. The molecule has 3 aliphatic rings. The van der Waals surface area contributed by atoms with Crippen molar-refractivity contribution in [1.82, 2.24) is 19.8 Å². The first-order chi connectivity index (χ1) is 16.2. The zero-order valence-corrected chi connectivity index (χ0v) is 18.9. The lowest BCUT2D eigenvalue weighted by Crippen LogP contribution is -2.58. The average Bonchev–Trinajstić information content (AvgIpc) is 3.51. The molecule has 0 radical (unpaired) electrons. The second-order valence-electron chi connectivity index (χ2n) is 8.61. The summed E-state index contributed by atoms with van der Waals surface area (Å²) in [5.74, 6) is 3.11. The molecule has 0 spiro atoms. The first kappa shape index (κ1) is 20.3. The molecule has 1 fully saturated rings. The number of guanidine groups is 1. The summed E-state index contributed by atoms with van der Waals surface area (Å²) in [7, 11) is 3.30. The number of ether oxygens (including phenoxy) is 3. The van der Waals surface area contributed by atoms with Crippen LogP contribution in [0.1, 0.15) is 24.6 Å². The molecule has 9 heteroatoms. The van der Waals surface area contributed by atoms with Crippen LogP contribution in [-0.2, 0) is 4.74 Å². The minimum absolute atomic E-state index is 0.174. The van der Waals surface area contributed by atoms with Crippen molar-refractivity contribution in [3.63, 3.8) is 0 Å². The van der Waals surface area contributed by atoms with Gasteiger partial charge in [0.05, 0.1) is 44.7 Å². The molecule has 3 aromatic rings. The second-order valence-corrected chi connectivity index (χ2v) is 8.61. The Bertz CT molecular complexity index is 1200. The number of hydrogen-bond acceptors (Lipinski definition) is 8. The molecule has 0 amide bonds. The fraction of sp³-hybridized carbons (Fsp3) is 0.417. The number of nitrogens with one attached hydrogen (secondary N) is 1. The molecule has 0 aliphatic carbocycles. The van der Waals surface area contributed by atoms with Gasteiger partial charge in [-0.15, -0.1) is 0 Å². The van der Waals surface area contributed by atoms with Crippen molar-refractivity contribution in [3.05, 3.63) is 48.0 Å². The number of benzene rings is 2. The number of rotatable bonds is 5. The standard InChI is InChI=1S/C24H28N6O3/c1-31-20-10-9-16(12-21(20)32-2)22-27-23-25-14-28(13-17-6-5-11-33-17)15-29(23)24-26-18-7-3-4-8-19(18)30(22)24/h3-4,7-10,12,17,22H,5-6,11,13-15H2,1-2H3,(H,25,27)/t17-,22-/m1/s1. The third-order valence-corrected chi connectivity index (χ3v) is 6.57. The first-order valence-electron chi connectivity index (χ1n) is 11.4. The summed E-state index contributed by atoms with van der Waals surface area (Å²) < 4.78 is 19.1. The molecular formula is C24H28N6O3. The van der Waals surface area contributed by atoms with Crippen molar-refractivity contribution >= 4 is 22.9 Å². The highest BCUT2D eigenvalue weighted by Gasteiger charge is 2.36. The van der Waals surface area contributed by atoms with Gasteiger partial charge in [-0.2, -0.15) is 0 Å². The number of methoxy groups -OCH3 is 2. The summed E-state index contributed by atoms with van der Waals surface area (Å²) in [6, 6.07) is 14.2. The molecule has 33 heavy (non-hydrogen) atoms. The predicted octanol–water partition coefficient (Wildman–Crippen LogP) is 2.78. The minimum Gasteiger partial charge on any atom is -0.493 e. The van der Waals surface area contributed by atoms with Crippen LogP contribution in [-0.4, -0.2) is 67.2 Å². The van der Waals surface area contributed by atoms with E-state index in [-0.39, 0.29) is 12.3 Å². The number of para-hydroxylation sites is 2. The van der Waals surface area contributed by atoms with Gasteiger partial charge in [-0.05, 0) is 42.7 Å². The Balaban J connectivity index is 1.41. The first-order valence-corrected chi connectivity index (χ1v) is 11.4. The van der Waals surface area contributed by atoms with Gasteiger partial charge >= 0.3 is 0 Å². The van der Waals surface area contributed by atoms with Crippen LogP contribution in [0.15, 0.2) is 47.5 Å². The van der Waals surface area contributed by atoms with E-state index in [1.807, 2.05) is 24.3 Å². The molecule has 172 valence electrons. The third kappa shape index (κ3) is 3.48. The maximum absolute atomic E-state index is 5.86. The lowest BCUT2D eigenvalue weighted by atomic mass is 10.1. The molecule has 2 aromatic carbocycles. The van der Waals surface area contributed by atoms with Gasteiger partial charge in [0.1, 0.15) is 6.17 Å². The third-order valence-electron chi connectivity index (χ3n) is 6.57. The van der Waals surface area contributed by atoms with E-state index in [2.05, 4.69) is 37.9 Å². The molecule has 0 bridgehead atoms. The fourth-order valence-electron chi connectivity index (χ4n) is 4.96. The van der Waals surface area contributed by atoms with Gasteiger partial charge < -0.3 is 19.5 Å². The molecule has 1 saturated heterocycles. The highest BCUT2D eigenvalue weighted by Crippen LogP contribution is 2.37. The Labute approximate surface area is 192 Å². The Hall–Kier alpha value is -3.30.